The van der Waals surface area contributed by atoms with Crippen molar-refractivity contribution in [3.63, 3.8) is 0 Å². The highest BCUT2D eigenvalue weighted by Crippen LogP contribution is 2.44. The van der Waals surface area contributed by atoms with Crippen LogP contribution in [0, 0.1) is 0 Å². The van der Waals surface area contributed by atoms with Gasteiger partial charge >= 0.3 is 5.97 Å². The Hall–Kier alpha value is -2.04. The summed E-state index contributed by atoms with van der Waals surface area (Å²) in [6, 6.07) is 10.9. The lowest BCUT2D eigenvalue weighted by Crippen LogP contribution is -2.42. The standard InChI is InChI=1S/C17H13Cl2NO3/c1-20-15(12-7-6-9(18)8-13(12)19)14(17(22)23)10-4-2-3-5-11(10)16(20)21/h2-8,14-15H,1H3,(H,22,23)/t14-,15+/m1/s1. The zero-order valence-corrected chi connectivity index (χ0v) is 13.7. The molecule has 0 saturated heterocycles. The molecule has 1 amide bonds. The molecule has 0 aliphatic carbocycles. The van der Waals surface area contributed by atoms with Crippen molar-refractivity contribution in [2.75, 3.05) is 7.05 Å². The van der Waals surface area contributed by atoms with E-state index < -0.39 is 17.9 Å². The Bertz CT molecular complexity index is 806. The van der Waals surface area contributed by atoms with Gasteiger partial charge in [0.1, 0.15) is 5.92 Å². The van der Waals surface area contributed by atoms with Crippen molar-refractivity contribution < 1.29 is 14.7 Å². The maximum atomic E-state index is 12.6. The fraction of sp³-hybridized carbons (Fsp3) is 0.176. The van der Waals surface area contributed by atoms with Crippen LogP contribution in [0.1, 0.15) is 33.4 Å². The van der Waals surface area contributed by atoms with Crippen LogP contribution in [0.4, 0.5) is 0 Å². The number of benzene rings is 2. The van der Waals surface area contributed by atoms with Gasteiger partial charge in [0.05, 0.1) is 6.04 Å². The average molecular weight is 350 g/mol. The number of carboxylic acids is 1. The molecule has 118 valence electrons. The summed E-state index contributed by atoms with van der Waals surface area (Å²) in [6.45, 7) is 0. The Morgan fingerprint density at radius 2 is 1.83 bits per heavy atom. The molecule has 6 heteroatoms. The molecular formula is C17H13Cl2NO3. The molecule has 0 fully saturated rings. The molecule has 0 bridgehead atoms. The van der Waals surface area contributed by atoms with Crippen molar-refractivity contribution >= 4 is 35.1 Å². The second-order valence-corrected chi connectivity index (χ2v) is 6.27. The number of carbonyl (C=O) groups is 2. The highest BCUT2D eigenvalue weighted by molar-refractivity contribution is 6.35. The minimum atomic E-state index is -1.01. The van der Waals surface area contributed by atoms with Crippen molar-refractivity contribution in [3.8, 4) is 0 Å². The molecule has 0 radical (unpaired) electrons. The first kappa shape index (κ1) is 15.8. The molecule has 1 N–H and O–H groups in total. The minimum Gasteiger partial charge on any atom is -0.481 e. The zero-order valence-electron chi connectivity index (χ0n) is 12.2. The summed E-state index contributed by atoms with van der Waals surface area (Å²) in [5, 5.41) is 10.6. The summed E-state index contributed by atoms with van der Waals surface area (Å²) in [7, 11) is 1.59. The minimum absolute atomic E-state index is 0.228. The fourth-order valence-corrected chi connectivity index (χ4v) is 3.59. The maximum Gasteiger partial charge on any atom is 0.313 e. The van der Waals surface area contributed by atoms with Gasteiger partial charge in [-0.25, -0.2) is 0 Å². The predicted molar refractivity (Wildman–Crippen MR) is 88.1 cm³/mol. The monoisotopic (exact) mass is 349 g/mol. The van der Waals surface area contributed by atoms with Gasteiger partial charge in [-0.15, -0.1) is 0 Å². The van der Waals surface area contributed by atoms with E-state index in [-0.39, 0.29) is 5.91 Å². The van der Waals surface area contributed by atoms with E-state index in [0.717, 1.165) is 0 Å². The Kier molecular flexibility index (Phi) is 4.04. The van der Waals surface area contributed by atoms with Crippen LogP contribution in [0.25, 0.3) is 0 Å². The van der Waals surface area contributed by atoms with E-state index in [9.17, 15) is 14.7 Å². The van der Waals surface area contributed by atoms with Gasteiger partial charge < -0.3 is 10.0 Å². The number of amides is 1. The summed E-state index contributed by atoms with van der Waals surface area (Å²) in [6.07, 6.45) is 0. The first-order chi connectivity index (χ1) is 10.9. The molecule has 2 aromatic rings. The molecular weight excluding hydrogens is 337 g/mol. The second-order valence-electron chi connectivity index (χ2n) is 5.43. The van der Waals surface area contributed by atoms with Crippen LogP contribution in [-0.4, -0.2) is 28.9 Å². The molecule has 1 heterocycles. The first-order valence-corrected chi connectivity index (χ1v) is 7.71. The lowest BCUT2D eigenvalue weighted by molar-refractivity contribution is -0.140. The van der Waals surface area contributed by atoms with Gasteiger partial charge in [0.15, 0.2) is 0 Å². The third kappa shape index (κ3) is 2.58. The van der Waals surface area contributed by atoms with Crippen LogP contribution in [0.2, 0.25) is 10.0 Å². The Balaban J connectivity index is 2.23. The van der Waals surface area contributed by atoms with Crippen molar-refractivity contribution in [1.82, 2.24) is 4.90 Å². The van der Waals surface area contributed by atoms with Gasteiger partial charge in [-0.2, -0.15) is 0 Å². The molecule has 2 atom stereocenters. The molecule has 23 heavy (non-hydrogen) atoms. The Labute approximate surface area is 143 Å². The number of halogens is 2. The second kappa shape index (κ2) is 5.87. The van der Waals surface area contributed by atoms with Crippen molar-refractivity contribution in [2.45, 2.75) is 12.0 Å². The number of hydrogen-bond donors (Lipinski definition) is 1. The van der Waals surface area contributed by atoms with Crippen LogP contribution in [-0.2, 0) is 4.79 Å². The molecule has 0 aromatic heterocycles. The van der Waals surface area contributed by atoms with Crippen LogP contribution in [0.15, 0.2) is 42.5 Å². The van der Waals surface area contributed by atoms with Gasteiger partial charge in [-0.05, 0) is 29.3 Å². The highest BCUT2D eigenvalue weighted by atomic mass is 35.5. The van der Waals surface area contributed by atoms with Crippen LogP contribution < -0.4 is 0 Å². The summed E-state index contributed by atoms with van der Waals surface area (Å²) in [5.41, 5.74) is 1.47. The van der Waals surface area contributed by atoms with E-state index in [4.69, 9.17) is 23.2 Å². The molecule has 0 saturated carbocycles. The zero-order chi connectivity index (χ0) is 16.7. The van der Waals surface area contributed by atoms with E-state index in [2.05, 4.69) is 0 Å². The average Bonchev–Trinajstić information content (AvgIpc) is 2.51. The molecule has 1 aliphatic heterocycles. The Morgan fingerprint density at radius 3 is 2.48 bits per heavy atom. The third-order valence-corrected chi connectivity index (χ3v) is 4.69. The van der Waals surface area contributed by atoms with E-state index in [1.807, 2.05) is 0 Å². The van der Waals surface area contributed by atoms with Gasteiger partial charge in [0, 0.05) is 22.7 Å². The van der Waals surface area contributed by atoms with Crippen LogP contribution in [0.5, 0.6) is 0 Å². The number of nitrogens with zero attached hydrogens (tertiary/aromatic N) is 1. The summed E-state index contributed by atoms with van der Waals surface area (Å²) in [5.74, 6) is -2.13. The maximum absolute atomic E-state index is 12.6. The number of carboxylic acid groups (broad SMARTS) is 1. The van der Waals surface area contributed by atoms with E-state index in [1.165, 1.54) is 4.90 Å². The van der Waals surface area contributed by atoms with E-state index in [0.29, 0.717) is 26.7 Å². The third-order valence-electron chi connectivity index (χ3n) is 4.13. The normalized spacial score (nSPS) is 20.3. The van der Waals surface area contributed by atoms with Crippen LogP contribution in [0.3, 0.4) is 0 Å². The molecule has 0 spiro atoms. The molecule has 1 aliphatic rings. The Morgan fingerprint density at radius 1 is 1.13 bits per heavy atom. The van der Waals surface area contributed by atoms with Crippen molar-refractivity contribution in [3.05, 3.63) is 69.2 Å². The van der Waals surface area contributed by atoms with Crippen molar-refractivity contribution in [2.24, 2.45) is 0 Å². The first-order valence-electron chi connectivity index (χ1n) is 6.95. The van der Waals surface area contributed by atoms with Crippen molar-refractivity contribution in [1.29, 1.82) is 0 Å². The van der Waals surface area contributed by atoms with E-state index >= 15 is 0 Å². The number of fused-ring (bicyclic) bond motifs is 1. The lowest BCUT2D eigenvalue weighted by Gasteiger charge is -2.38. The summed E-state index contributed by atoms with van der Waals surface area (Å²) in [4.78, 5) is 26.0. The number of hydrogen-bond acceptors (Lipinski definition) is 2. The summed E-state index contributed by atoms with van der Waals surface area (Å²) >= 11 is 12.2. The van der Waals surface area contributed by atoms with Gasteiger partial charge in [0.2, 0.25) is 0 Å². The van der Waals surface area contributed by atoms with Gasteiger partial charge in [-0.1, -0.05) is 47.5 Å². The van der Waals surface area contributed by atoms with Gasteiger partial charge in [0.25, 0.3) is 5.91 Å². The SMILES string of the molecule is CN1C(=O)c2ccccc2[C@@H](C(=O)O)[C@@H]1c1ccc(Cl)cc1Cl. The summed E-state index contributed by atoms with van der Waals surface area (Å²) < 4.78 is 0. The van der Waals surface area contributed by atoms with E-state index in [1.54, 1.807) is 49.5 Å². The number of carbonyl (C=O) groups excluding carboxylic acids is 1. The topological polar surface area (TPSA) is 57.6 Å². The molecule has 0 unspecified atom stereocenters. The van der Waals surface area contributed by atoms with Gasteiger partial charge in [-0.3, -0.25) is 9.59 Å². The fourth-order valence-electron chi connectivity index (χ4n) is 3.07. The van der Waals surface area contributed by atoms with Crippen LogP contribution >= 0.6 is 23.2 Å². The largest absolute Gasteiger partial charge is 0.481 e. The molecule has 3 rings (SSSR count). The molecule has 2 aromatic carbocycles. The highest BCUT2D eigenvalue weighted by Gasteiger charge is 2.43. The quantitative estimate of drug-likeness (QED) is 0.891. The molecule has 4 nitrogen and oxygen atoms in total. The number of likely N-dealkylation sites (N-methyl/N-ethyl adjacent to an activating group) is 1. The smallest absolute Gasteiger partial charge is 0.313 e. The number of rotatable bonds is 2. The number of aliphatic carboxylic acids is 1. The predicted octanol–water partition coefficient (Wildman–Crippen LogP) is 3.99. The lowest BCUT2D eigenvalue weighted by atomic mass is 9.80.